The number of hydrogen-bond acceptors (Lipinski definition) is 4. The molecule has 1 rings (SSSR count). The maximum absolute atomic E-state index is 11.6. The van der Waals surface area contributed by atoms with Gasteiger partial charge >= 0.3 is 5.97 Å². The summed E-state index contributed by atoms with van der Waals surface area (Å²) in [4.78, 5) is 11.6. The molecule has 0 aromatic heterocycles. The molecule has 0 bridgehead atoms. The van der Waals surface area contributed by atoms with E-state index in [1.165, 1.54) is 13.5 Å². The highest BCUT2D eigenvalue weighted by molar-refractivity contribution is 5.75. The van der Waals surface area contributed by atoms with E-state index in [4.69, 9.17) is 9.47 Å². The lowest BCUT2D eigenvalue weighted by Gasteiger charge is -2.38. The van der Waals surface area contributed by atoms with Crippen LogP contribution in [-0.2, 0) is 14.3 Å². The number of likely N-dealkylation sites (N-methyl/N-ethyl adjacent to an activating group) is 1. The van der Waals surface area contributed by atoms with E-state index in [9.17, 15) is 4.79 Å². The van der Waals surface area contributed by atoms with Crippen molar-refractivity contribution >= 4 is 5.97 Å². The number of ether oxygens (including phenoxy) is 2. The molecule has 3 unspecified atom stereocenters. The first-order valence-corrected chi connectivity index (χ1v) is 7.80. The van der Waals surface area contributed by atoms with E-state index in [-0.39, 0.29) is 12.0 Å². The molecule has 4 heteroatoms. The van der Waals surface area contributed by atoms with Gasteiger partial charge in [-0.2, -0.15) is 0 Å². The largest absolute Gasteiger partial charge is 0.468 e. The first-order chi connectivity index (χ1) is 9.38. The van der Waals surface area contributed by atoms with Gasteiger partial charge in [-0.25, -0.2) is 0 Å². The van der Waals surface area contributed by atoms with Crippen LogP contribution in [0.5, 0.6) is 0 Å². The highest BCUT2D eigenvalue weighted by Crippen LogP contribution is 2.39. The summed E-state index contributed by atoms with van der Waals surface area (Å²) in [6.45, 7) is 10.3. The van der Waals surface area contributed by atoms with Crippen LogP contribution in [0.15, 0.2) is 0 Å². The van der Waals surface area contributed by atoms with Crippen molar-refractivity contribution in [2.75, 3.05) is 20.3 Å². The Morgan fingerprint density at radius 2 is 2.10 bits per heavy atom. The lowest BCUT2D eigenvalue weighted by molar-refractivity contribution is -0.144. The van der Waals surface area contributed by atoms with Crippen LogP contribution in [0.2, 0.25) is 0 Å². The minimum absolute atomic E-state index is 0.201. The molecule has 1 saturated carbocycles. The molecule has 0 heterocycles. The smallest absolute Gasteiger partial charge is 0.322 e. The molecule has 0 radical (unpaired) electrons. The molecule has 1 aliphatic carbocycles. The van der Waals surface area contributed by atoms with Crippen molar-refractivity contribution in [3.63, 3.8) is 0 Å². The molecule has 0 saturated heterocycles. The summed E-state index contributed by atoms with van der Waals surface area (Å²) in [6, 6.07) is -0.251. The molecule has 0 aromatic rings. The number of rotatable bonds is 7. The summed E-state index contributed by atoms with van der Waals surface area (Å²) in [7, 11) is 1.43. The van der Waals surface area contributed by atoms with Crippen LogP contribution in [0.25, 0.3) is 0 Å². The van der Waals surface area contributed by atoms with E-state index in [0.717, 1.165) is 19.4 Å². The maximum Gasteiger partial charge on any atom is 0.322 e. The Morgan fingerprint density at radius 1 is 1.40 bits per heavy atom. The quantitative estimate of drug-likeness (QED) is 0.731. The van der Waals surface area contributed by atoms with Gasteiger partial charge in [0.15, 0.2) is 0 Å². The summed E-state index contributed by atoms with van der Waals surface area (Å²) >= 11 is 0. The lowest BCUT2D eigenvalue weighted by Crippen LogP contribution is -2.39. The van der Waals surface area contributed by atoms with Gasteiger partial charge in [0.1, 0.15) is 6.04 Å². The standard InChI is InChI=1S/C16H31NO3/c1-6-17-14(15(18)19-5)7-8-20-13-9-12(2)10-16(3,4)11-13/h12-14,17H,6-11H2,1-5H3. The van der Waals surface area contributed by atoms with Crippen molar-refractivity contribution < 1.29 is 14.3 Å². The van der Waals surface area contributed by atoms with E-state index in [1.807, 2.05) is 6.92 Å². The van der Waals surface area contributed by atoms with E-state index in [0.29, 0.717) is 30.5 Å². The van der Waals surface area contributed by atoms with Crippen LogP contribution in [0.1, 0.15) is 53.4 Å². The van der Waals surface area contributed by atoms with Crippen LogP contribution in [-0.4, -0.2) is 38.4 Å². The molecule has 1 N–H and O–H groups in total. The molecule has 0 aromatic carbocycles. The van der Waals surface area contributed by atoms with Crippen LogP contribution >= 0.6 is 0 Å². The highest BCUT2D eigenvalue weighted by Gasteiger charge is 2.32. The second-order valence-electron chi connectivity index (χ2n) is 6.83. The van der Waals surface area contributed by atoms with Gasteiger partial charge in [-0.15, -0.1) is 0 Å². The van der Waals surface area contributed by atoms with Crippen molar-refractivity contribution in [3.05, 3.63) is 0 Å². The van der Waals surface area contributed by atoms with Gasteiger partial charge in [0.25, 0.3) is 0 Å². The Morgan fingerprint density at radius 3 is 2.65 bits per heavy atom. The normalized spacial score (nSPS) is 27.1. The Bertz CT molecular complexity index is 304. The van der Waals surface area contributed by atoms with Crippen LogP contribution in [0.3, 0.4) is 0 Å². The third-order valence-corrected chi connectivity index (χ3v) is 4.04. The first kappa shape index (κ1) is 17.4. The van der Waals surface area contributed by atoms with Crippen molar-refractivity contribution in [2.24, 2.45) is 11.3 Å². The second kappa shape index (κ2) is 7.99. The molecule has 20 heavy (non-hydrogen) atoms. The molecule has 118 valence electrons. The van der Waals surface area contributed by atoms with Gasteiger partial charge in [-0.05, 0) is 43.6 Å². The SMILES string of the molecule is CCNC(CCOC1CC(C)CC(C)(C)C1)C(=O)OC. The fraction of sp³-hybridized carbons (Fsp3) is 0.938. The predicted octanol–water partition coefficient (Wildman–Crippen LogP) is 2.76. The van der Waals surface area contributed by atoms with E-state index >= 15 is 0 Å². The minimum atomic E-state index is -0.251. The zero-order valence-corrected chi connectivity index (χ0v) is 13.7. The molecule has 3 atom stereocenters. The summed E-state index contributed by atoms with van der Waals surface area (Å²) in [6.07, 6.45) is 4.52. The number of nitrogens with one attached hydrogen (secondary N) is 1. The summed E-state index contributed by atoms with van der Waals surface area (Å²) in [5.74, 6) is 0.515. The van der Waals surface area contributed by atoms with Crippen LogP contribution < -0.4 is 5.32 Å². The van der Waals surface area contributed by atoms with Crippen molar-refractivity contribution in [2.45, 2.75) is 65.5 Å². The fourth-order valence-electron chi connectivity index (χ4n) is 3.43. The minimum Gasteiger partial charge on any atom is -0.468 e. The van der Waals surface area contributed by atoms with Gasteiger partial charge in [0.2, 0.25) is 0 Å². The van der Waals surface area contributed by atoms with E-state index in [2.05, 4.69) is 26.1 Å². The molecule has 4 nitrogen and oxygen atoms in total. The van der Waals surface area contributed by atoms with Crippen molar-refractivity contribution in [3.8, 4) is 0 Å². The molecule has 1 aliphatic rings. The zero-order valence-electron chi connectivity index (χ0n) is 13.7. The number of carbonyl (C=O) groups is 1. The monoisotopic (exact) mass is 285 g/mol. The van der Waals surface area contributed by atoms with Crippen molar-refractivity contribution in [1.82, 2.24) is 5.32 Å². The maximum atomic E-state index is 11.6. The number of carbonyl (C=O) groups excluding carboxylic acids is 1. The fourth-order valence-corrected chi connectivity index (χ4v) is 3.43. The van der Waals surface area contributed by atoms with Crippen LogP contribution in [0.4, 0.5) is 0 Å². The molecular formula is C16H31NO3. The third-order valence-electron chi connectivity index (χ3n) is 4.04. The summed E-state index contributed by atoms with van der Waals surface area (Å²) in [5, 5.41) is 3.14. The molecule has 0 spiro atoms. The summed E-state index contributed by atoms with van der Waals surface area (Å²) < 4.78 is 10.8. The number of esters is 1. The van der Waals surface area contributed by atoms with Crippen molar-refractivity contribution in [1.29, 1.82) is 0 Å². The Balaban J connectivity index is 2.36. The molecule has 0 aliphatic heterocycles. The predicted molar refractivity (Wildman–Crippen MR) is 80.6 cm³/mol. The van der Waals surface area contributed by atoms with Gasteiger partial charge in [0.05, 0.1) is 13.2 Å². The van der Waals surface area contributed by atoms with Gasteiger partial charge in [-0.3, -0.25) is 4.79 Å². The lowest BCUT2D eigenvalue weighted by atomic mass is 9.71. The molecule has 0 amide bonds. The zero-order chi connectivity index (χ0) is 15.2. The van der Waals surface area contributed by atoms with E-state index in [1.54, 1.807) is 0 Å². The van der Waals surface area contributed by atoms with Gasteiger partial charge in [-0.1, -0.05) is 27.7 Å². The molecule has 1 fully saturated rings. The number of methoxy groups -OCH3 is 1. The third kappa shape index (κ3) is 5.80. The molecular weight excluding hydrogens is 254 g/mol. The number of hydrogen-bond donors (Lipinski definition) is 1. The Kier molecular flexibility index (Phi) is 6.96. The Hall–Kier alpha value is -0.610. The second-order valence-corrected chi connectivity index (χ2v) is 6.83. The topological polar surface area (TPSA) is 47.6 Å². The summed E-state index contributed by atoms with van der Waals surface area (Å²) in [5.41, 5.74) is 0.367. The average Bonchev–Trinajstić information content (AvgIpc) is 2.34. The van der Waals surface area contributed by atoms with Gasteiger partial charge in [0, 0.05) is 6.61 Å². The van der Waals surface area contributed by atoms with E-state index < -0.39 is 0 Å². The van der Waals surface area contributed by atoms with Gasteiger partial charge < -0.3 is 14.8 Å². The first-order valence-electron chi connectivity index (χ1n) is 7.80. The Labute approximate surface area is 123 Å². The van der Waals surface area contributed by atoms with Crippen LogP contribution in [0, 0.1) is 11.3 Å². The highest BCUT2D eigenvalue weighted by atomic mass is 16.5. The average molecular weight is 285 g/mol.